The number of piperazine rings is 1. The van der Waals surface area contributed by atoms with Crippen LogP contribution in [0.15, 0.2) is 79.1 Å². The molecule has 6 nitrogen and oxygen atoms in total. The van der Waals surface area contributed by atoms with Gasteiger partial charge in [-0.2, -0.15) is 0 Å². The summed E-state index contributed by atoms with van der Waals surface area (Å²) in [7, 11) is 0. The molecule has 0 saturated carbocycles. The second-order valence-electron chi connectivity index (χ2n) is 8.97. The van der Waals surface area contributed by atoms with E-state index in [0.717, 1.165) is 29.4 Å². The molecule has 2 N–H and O–H groups in total. The SMILES string of the molecule is CC(Cc1ccccc1-c1ccccc1)N1CCN(Cc2ccc3c(N)ncnc3c2)C(=O)C1. The topological polar surface area (TPSA) is 75.3 Å². The monoisotopic (exact) mass is 451 g/mol. The van der Waals surface area contributed by atoms with Gasteiger partial charge in [0.25, 0.3) is 0 Å². The molecule has 1 unspecified atom stereocenters. The van der Waals surface area contributed by atoms with Crippen molar-refractivity contribution in [2.24, 2.45) is 0 Å². The summed E-state index contributed by atoms with van der Waals surface area (Å²) in [6.45, 7) is 4.82. The Kier molecular flexibility index (Phi) is 6.23. The van der Waals surface area contributed by atoms with Gasteiger partial charge in [-0.25, -0.2) is 9.97 Å². The minimum absolute atomic E-state index is 0.164. The number of carbonyl (C=O) groups is 1. The van der Waals surface area contributed by atoms with Gasteiger partial charge in [-0.3, -0.25) is 9.69 Å². The molecule has 1 aliphatic rings. The molecule has 0 spiro atoms. The Morgan fingerprint density at radius 3 is 2.59 bits per heavy atom. The normalized spacial score (nSPS) is 15.6. The zero-order valence-corrected chi connectivity index (χ0v) is 19.4. The van der Waals surface area contributed by atoms with Crippen LogP contribution in [0.4, 0.5) is 5.82 Å². The van der Waals surface area contributed by atoms with E-state index < -0.39 is 0 Å². The fourth-order valence-electron chi connectivity index (χ4n) is 4.76. The molecule has 4 aromatic rings. The second-order valence-corrected chi connectivity index (χ2v) is 8.97. The van der Waals surface area contributed by atoms with Crippen LogP contribution < -0.4 is 5.73 Å². The van der Waals surface area contributed by atoms with Crippen LogP contribution in [-0.4, -0.2) is 51.4 Å². The van der Waals surface area contributed by atoms with Gasteiger partial charge in [0.15, 0.2) is 0 Å². The zero-order valence-electron chi connectivity index (χ0n) is 19.4. The maximum atomic E-state index is 13.0. The van der Waals surface area contributed by atoms with E-state index in [9.17, 15) is 4.79 Å². The number of nitrogens with zero attached hydrogens (tertiary/aromatic N) is 4. The summed E-state index contributed by atoms with van der Waals surface area (Å²) in [6, 6.07) is 25.3. The third kappa shape index (κ3) is 4.63. The molecule has 1 aromatic heterocycles. The van der Waals surface area contributed by atoms with Crippen molar-refractivity contribution in [2.75, 3.05) is 25.4 Å². The average Bonchev–Trinajstić information content (AvgIpc) is 2.86. The number of fused-ring (bicyclic) bond motifs is 1. The van der Waals surface area contributed by atoms with Crippen molar-refractivity contribution < 1.29 is 4.79 Å². The van der Waals surface area contributed by atoms with E-state index in [0.29, 0.717) is 25.5 Å². The minimum atomic E-state index is 0.164. The van der Waals surface area contributed by atoms with Crippen LogP contribution in [0.25, 0.3) is 22.0 Å². The maximum absolute atomic E-state index is 13.0. The number of amides is 1. The molecule has 0 radical (unpaired) electrons. The molecule has 1 atom stereocenters. The first-order valence-electron chi connectivity index (χ1n) is 11.7. The predicted molar refractivity (Wildman–Crippen MR) is 136 cm³/mol. The lowest BCUT2D eigenvalue weighted by atomic mass is 9.95. The standard InChI is InChI=1S/C28H29N5O/c1-20(15-23-9-5-6-10-24(23)22-7-3-2-4-8-22)32-13-14-33(27(34)18-32)17-21-11-12-25-26(16-21)30-19-31-28(25)29/h2-12,16,19-20H,13-15,17-18H2,1H3,(H2,29,30,31). The van der Waals surface area contributed by atoms with Crippen LogP contribution in [0.3, 0.4) is 0 Å². The number of nitrogens with two attached hydrogens (primary N) is 1. The molecular formula is C28H29N5O. The Labute approximate surface area is 200 Å². The van der Waals surface area contributed by atoms with Gasteiger partial charge in [0.2, 0.25) is 5.91 Å². The van der Waals surface area contributed by atoms with Gasteiger partial charge in [-0.05, 0) is 47.7 Å². The van der Waals surface area contributed by atoms with E-state index in [2.05, 4.69) is 70.3 Å². The van der Waals surface area contributed by atoms with Crippen LogP contribution in [0, 0.1) is 0 Å². The van der Waals surface area contributed by atoms with E-state index in [4.69, 9.17) is 5.73 Å². The Balaban J connectivity index is 1.24. The van der Waals surface area contributed by atoms with Gasteiger partial charge in [-0.15, -0.1) is 0 Å². The van der Waals surface area contributed by atoms with Crippen LogP contribution in [0.5, 0.6) is 0 Å². The van der Waals surface area contributed by atoms with Crippen molar-refractivity contribution in [3.05, 3.63) is 90.3 Å². The molecule has 1 aliphatic heterocycles. The molecule has 0 aliphatic carbocycles. The molecule has 1 saturated heterocycles. The fraction of sp³-hybridized carbons (Fsp3) is 0.250. The first kappa shape index (κ1) is 22.0. The van der Waals surface area contributed by atoms with E-state index in [1.165, 1.54) is 23.0 Å². The van der Waals surface area contributed by atoms with E-state index in [1.54, 1.807) is 0 Å². The van der Waals surface area contributed by atoms with Crippen molar-refractivity contribution in [1.82, 2.24) is 19.8 Å². The molecule has 1 amide bonds. The number of hydrogen-bond donors (Lipinski definition) is 1. The van der Waals surface area contributed by atoms with Crippen LogP contribution in [0.2, 0.25) is 0 Å². The van der Waals surface area contributed by atoms with Crippen molar-refractivity contribution in [1.29, 1.82) is 0 Å². The predicted octanol–water partition coefficient (Wildman–Crippen LogP) is 4.15. The Hall–Kier alpha value is -3.77. The third-order valence-electron chi connectivity index (χ3n) is 6.69. The zero-order chi connectivity index (χ0) is 23.5. The molecule has 34 heavy (non-hydrogen) atoms. The van der Waals surface area contributed by atoms with Gasteiger partial charge in [-0.1, -0.05) is 60.7 Å². The molecule has 172 valence electrons. The molecule has 5 rings (SSSR count). The molecule has 6 heteroatoms. The largest absolute Gasteiger partial charge is 0.383 e. The van der Waals surface area contributed by atoms with Crippen molar-refractivity contribution in [3.63, 3.8) is 0 Å². The highest BCUT2D eigenvalue weighted by Crippen LogP contribution is 2.26. The Morgan fingerprint density at radius 1 is 0.971 bits per heavy atom. The van der Waals surface area contributed by atoms with Crippen molar-refractivity contribution >= 4 is 22.6 Å². The van der Waals surface area contributed by atoms with Gasteiger partial charge in [0.1, 0.15) is 12.1 Å². The lowest BCUT2D eigenvalue weighted by Crippen LogP contribution is -2.53. The first-order valence-corrected chi connectivity index (χ1v) is 11.7. The first-order chi connectivity index (χ1) is 16.6. The molecule has 0 bridgehead atoms. The number of aromatic nitrogens is 2. The van der Waals surface area contributed by atoms with E-state index in [1.807, 2.05) is 29.2 Å². The average molecular weight is 452 g/mol. The third-order valence-corrected chi connectivity index (χ3v) is 6.69. The van der Waals surface area contributed by atoms with Gasteiger partial charge >= 0.3 is 0 Å². The summed E-state index contributed by atoms with van der Waals surface area (Å²) in [5, 5.41) is 0.840. The Bertz CT molecular complexity index is 1310. The van der Waals surface area contributed by atoms with Crippen molar-refractivity contribution in [2.45, 2.75) is 25.9 Å². The summed E-state index contributed by atoms with van der Waals surface area (Å²) >= 11 is 0. The summed E-state index contributed by atoms with van der Waals surface area (Å²) in [6.07, 6.45) is 2.38. The molecular weight excluding hydrogens is 422 g/mol. The highest BCUT2D eigenvalue weighted by Gasteiger charge is 2.27. The number of hydrogen-bond acceptors (Lipinski definition) is 5. The van der Waals surface area contributed by atoms with Crippen LogP contribution in [0.1, 0.15) is 18.1 Å². The lowest BCUT2D eigenvalue weighted by molar-refractivity contribution is -0.137. The molecule has 2 heterocycles. The van der Waals surface area contributed by atoms with Crippen LogP contribution in [-0.2, 0) is 17.8 Å². The summed E-state index contributed by atoms with van der Waals surface area (Å²) in [4.78, 5) is 25.6. The summed E-state index contributed by atoms with van der Waals surface area (Å²) in [5.41, 5.74) is 11.6. The number of nitrogen functional groups attached to an aromatic ring is 1. The number of rotatable bonds is 6. The minimum Gasteiger partial charge on any atom is -0.383 e. The van der Waals surface area contributed by atoms with Gasteiger partial charge < -0.3 is 10.6 Å². The quantitative estimate of drug-likeness (QED) is 0.477. The molecule has 1 fully saturated rings. The molecule has 3 aromatic carbocycles. The van der Waals surface area contributed by atoms with Gasteiger partial charge in [0.05, 0.1) is 12.1 Å². The highest BCUT2D eigenvalue weighted by molar-refractivity contribution is 5.88. The smallest absolute Gasteiger partial charge is 0.237 e. The number of benzene rings is 3. The highest BCUT2D eigenvalue weighted by atomic mass is 16.2. The van der Waals surface area contributed by atoms with Crippen LogP contribution >= 0.6 is 0 Å². The Morgan fingerprint density at radius 2 is 1.76 bits per heavy atom. The summed E-state index contributed by atoms with van der Waals surface area (Å²) in [5.74, 6) is 0.640. The lowest BCUT2D eigenvalue weighted by Gasteiger charge is -2.38. The van der Waals surface area contributed by atoms with E-state index in [-0.39, 0.29) is 11.9 Å². The maximum Gasteiger partial charge on any atom is 0.237 e. The van der Waals surface area contributed by atoms with Crippen molar-refractivity contribution in [3.8, 4) is 11.1 Å². The second kappa shape index (κ2) is 9.61. The van der Waals surface area contributed by atoms with E-state index >= 15 is 0 Å². The summed E-state index contributed by atoms with van der Waals surface area (Å²) < 4.78 is 0. The number of anilines is 1. The number of carbonyl (C=O) groups excluding carboxylic acids is 1. The fourth-order valence-corrected chi connectivity index (χ4v) is 4.76. The van der Waals surface area contributed by atoms with Gasteiger partial charge in [0, 0.05) is 31.1 Å².